The highest BCUT2D eigenvalue weighted by Gasteiger charge is 2.19. The van der Waals surface area contributed by atoms with Crippen molar-refractivity contribution < 1.29 is 4.79 Å². The van der Waals surface area contributed by atoms with Gasteiger partial charge in [-0.2, -0.15) is 0 Å². The standard InChI is InChI=1S/C14H23N3O/c1-11-7-8-12(17(11)2)10-16-14(18)13-6-4-3-5-9-15-13/h7-8,13,15H,3-6,9-10H2,1-2H3,(H,16,18). The van der Waals surface area contributed by atoms with Crippen LogP contribution in [0.2, 0.25) is 0 Å². The fourth-order valence-corrected chi connectivity index (χ4v) is 2.40. The van der Waals surface area contributed by atoms with E-state index in [0.717, 1.165) is 25.1 Å². The van der Waals surface area contributed by atoms with E-state index in [0.29, 0.717) is 6.54 Å². The zero-order chi connectivity index (χ0) is 13.0. The van der Waals surface area contributed by atoms with Crippen molar-refractivity contribution in [3.63, 3.8) is 0 Å². The van der Waals surface area contributed by atoms with Crippen LogP contribution >= 0.6 is 0 Å². The number of hydrogen-bond donors (Lipinski definition) is 2. The SMILES string of the molecule is Cc1ccc(CNC(=O)C2CCCCCN2)n1C. The fourth-order valence-electron chi connectivity index (χ4n) is 2.40. The maximum atomic E-state index is 12.1. The first-order valence-corrected chi connectivity index (χ1v) is 6.81. The van der Waals surface area contributed by atoms with Gasteiger partial charge in [0.25, 0.3) is 0 Å². The normalized spacial score (nSPS) is 20.4. The van der Waals surface area contributed by atoms with Gasteiger partial charge in [-0.1, -0.05) is 12.8 Å². The van der Waals surface area contributed by atoms with E-state index in [2.05, 4.69) is 34.3 Å². The number of aryl methyl sites for hydroxylation is 1. The van der Waals surface area contributed by atoms with Crippen LogP contribution in [0.4, 0.5) is 0 Å². The van der Waals surface area contributed by atoms with Gasteiger partial charge in [-0.25, -0.2) is 0 Å². The number of carbonyl (C=O) groups is 1. The lowest BCUT2D eigenvalue weighted by Gasteiger charge is -2.15. The van der Waals surface area contributed by atoms with Gasteiger partial charge >= 0.3 is 0 Å². The number of hydrogen-bond acceptors (Lipinski definition) is 2. The van der Waals surface area contributed by atoms with E-state index in [9.17, 15) is 4.79 Å². The molecular formula is C14H23N3O. The van der Waals surface area contributed by atoms with Gasteiger partial charge in [-0.05, 0) is 38.4 Å². The molecule has 1 saturated heterocycles. The predicted octanol–water partition coefficient (Wildman–Crippen LogP) is 1.48. The van der Waals surface area contributed by atoms with E-state index in [4.69, 9.17) is 0 Å². The maximum Gasteiger partial charge on any atom is 0.237 e. The highest BCUT2D eigenvalue weighted by atomic mass is 16.2. The summed E-state index contributed by atoms with van der Waals surface area (Å²) < 4.78 is 2.11. The molecule has 100 valence electrons. The fraction of sp³-hybridized carbons (Fsp3) is 0.643. The Morgan fingerprint density at radius 2 is 2.28 bits per heavy atom. The highest BCUT2D eigenvalue weighted by Crippen LogP contribution is 2.09. The smallest absolute Gasteiger partial charge is 0.237 e. The minimum absolute atomic E-state index is 0.00568. The van der Waals surface area contributed by atoms with E-state index >= 15 is 0 Å². The number of nitrogens with one attached hydrogen (secondary N) is 2. The van der Waals surface area contributed by atoms with Crippen molar-refractivity contribution >= 4 is 5.91 Å². The second kappa shape index (κ2) is 6.05. The van der Waals surface area contributed by atoms with Crippen LogP contribution in [0.1, 0.15) is 37.1 Å². The van der Waals surface area contributed by atoms with Gasteiger partial charge in [-0.3, -0.25) is 4.79 Å². The summed E-state index contributed by atoms with van der Waals surface area (Å²) >= 11 is 0. The molecule has 0 bridgehead atoms. The Morgan fingerprint density at radius 1 is 1.44 bits per heavy atom. The minimum atomic E-state index is -0.00568. The first-order chi connectivity index (χ1) is 8.68. The first-order valence-electron chi connectivity index (χ1n) is 6.81. The molecule has 18 heavy (non-hydrogen) atoms. The van der Waals surface area contributed by atoms with Gasteiger partial charge in [0.05, 0.1) is 12.6 Å². The number of amides is 1. The summed E-state index contributed by atoms with van der Waals surface area (Å²) in [4.78, 5) is 12.1. The van der Waals surface area contributed by atoms with E-state index < -0.39 is 0 Å². The van der Waals surface area contributed by atoms with Crippen LogP contribution in [-0.2, 0) is 18.4 Å². The quantitative estimate of drug-likeness (QED) is 0.852. The van der Waals surface area contributed by atoms with Gasteiger partial charge in [0.1, 0.15) is 0 Å². The molecule has 0 radical (unpaired) electrons. The molecule has 4 heteroatoms. The molecule has 1 fully saturated rings. The van der Waals surface area contributed by atoms with Gasteiger partial charge in [0, 0.05) is 18.4 Å². The number of rotatable bonds is 3. The average molecular weight is 249 g/mol. The Kier molecular flexibility index (Phi) is 4.42. The summed E-state index contributed by atoms with van der Waals surface area (Å²) in [5.41, 5.74) is 2.36. The molecule has 1 aromatic heterocycles. The van der Waals surface area contributed by atoms with Crippen LogP contribution in [0.25, 0.3) is 0 Å². The second-order valence-electron chi connectivity index (χ2n) is 5.10. The third-order valence-corrected chi connectivity index (χ3v) is 3.80. The third kappa shape index (κ3) is 3.13. The molecule has 1 aromatic rings. The van der Waals surface area contributed by atoms with Gasteiger partial charge in [0.2, 0.25) is 5.91 Å². The summed E-state index contributed by atoms with van der Waals surface area (Å²) in [6, 6.07) is 4.13. The van der Waals surface area contributed by atoms with E-state index in [1.165, 1.54) is 18.5 Å². The molecule has 1 aliphatic rings. The number of aromatic nitrogens is 1. The summed E-state index contributed by atoms with van der Waals surface area (Å²) in [7, 11) is 2.03. The molecule has 1 aliphatic heterocycles. The Morgan fingerprint density at radius 3 is 3.00 bits per heavy atom. The van der Waals surface area contributed by atoms with Crippen molar-refractivity contribution in [2.75, 3.05) is 6.54 Å². The summed E-state index contributed by atoms with van der Waals surface area (Å²) in [6.07, 6.45) is 4.51. The van der Waals surface area contributed by atoms with Crippen LogP contribution in [0.5, 0.6) is 0 Å². The number of carbonyl (C=O) groups excluding carboxylic acids is 1. The lowest BCUT2D eigenvalue weighted by atomic mass is 10.1. The molecule has 1 unspecified atom stereocenters. The molecule has 0 spiro atoms. The molecular weight excluding hydrogens is 226 g/mol. The van der Waals surface area contributed by atoms with Gasteiger partial charge in [-0.15, -0.1) is 0 Å². The molecule has 1 atom stereocenters. The lowest BCUT2D eigenvalue weighted by Crippen LogP contribution is -2.43. The van der Waals surface area contributed by atoms with Crippen molar-refractivity contribution in [3.05, 3.63) is 23.5 Å². The molecule has 0 aromatic carbocycles. The van der Waals surface area contributed by atoms with Crippen LogP contribution in [0.15, 0.2) is 12.1 Å². The predicted molar refractivity (Wildman–Crippen MR) is 72.3 cm³/mol. The largest absolute Gasteiger partial charge is 0.350 e. The van der Waals surface area contributed by atoms with E-state index in [-0.39, 0.29) is 11.9 Å². The Balaban J connectivity index is 1.85. The third-order valence-electron chi connectivity index (χ3n) is 3.80. The monoisotopic (exact) mass is 249 g/mol. The summed E-state index contributed by atoms with van der Waals surface area (Å²) in [5.74, 6) is 0.135. The van der Waals surface area contributed by atoms with E-state index in [1.807, 2.05) is 7.05 Å². The Labute approximate surface area is 109 Å². The second-order valence-corrected chi connectivity index (χ2v) is 5.10. The molecule has 0 aliphatic carbocycles. The van der Waals surface area contributed by atoms with Gasteiger partial charge < -0.3 is 15.2 Å². The zero-order valence-corrected chi connectivity index (χ0v) is 11.3. The molecule has 2 rings (SSSR count). The topological polar surface area (TPSA) is 46.1 Å². The van der Waals surface area contributed by atoms with Crippen LogP contribution in [-0.4, -0.2) is 23.1 Å². The van der Waals surface area contributed by atoms with Crippen molar-refractivity contribution in [2.45, 2.75) is 45.2 Å². The Bertz CT molecular complexity index is 403. The molecule has 1 amide bonds. The van der Waals surface area contributed by atoms with Crippen molar-refractivity contribution in [3.8, 4) is 0 Å². The summed E-state index contributed by atoms with van der Waals surface area (Å²) in [6.45, 7) is 3.64. The summed E-state index contributed by atoms with van der Waals surface area (Å²) in [5, 5.41) is 6.35. The molecule has 0 saturated carbocycles. The van der Waals surface area contributed by atoms with Crippen molar-refractivity contribution in [2.24, 2.45) is 7.05 Å². The minimum Gasteiger partial charge on any atom is -0.350 e. The van der Waals surface area contributed by atoms with Crippen molar-refractivity contribution in [1.29, 1.82) is 0 Å². The zero-order valence-electron chi connectivity index (χ0n) is 11.3. The first kappa shape index (κ1) is 13.1. The van der Waals surface area contributed by atoms with Crippen LogP contribution in [0.3, 0.4) is 0 Å². The van der Waals surface area contributed by atoms with E-state index in [1.54, 1.807) is 0 Å². The molecule has 4 nitrogen and oxygen atoms in total. The van der Waals surface area contributed by atoms with Crippen LogP contribution in [0, 0.1) is 6.92 Å². The van der Waals surface area contributed by atoms with Gasteiger partial charge in [0.15, 0.2) is 0 Å². The lowest BCUT2D eigenvalue weighted by molar-refractivity contribution is -0.123. The highest BCUT2D eigenvalue weighted by molar-refractivity contribution is 5.81. The maximum absolute atomic E-state index is 12.1. The number of nitrogens with zero attached hydrogens (tertiary/aromatic N) is 1. The Hall–Kier alpha value is -1.29. The molecule has 2 heterocycles. The molecule has 2 N–H and O–H groups in total. The van der Waals surface area contributed by atoms with Crippen molar-refractivity contribution in [1.82, 2.24) is 15.2 Å². The average Bonchev–Trinajstić information content (AvgIpc) is 2.63. The van der Waals surface area contributed by atoms with Crippen LogP contribution < -0.4 is 10.6 Å².